The number of benzene rings is 1. The summed E-state index contributed by atoms with van der Waals surface area (Å²) in [6.45, 7) is 0. The molecule has 1 saturated carbocycles. The number of thioether (sulfide) groups is 1. The Morgan fingerprint density at radius 2 is 1.92 bits per heavy atom. The van der Waals surface area contributed by atoms with Crippen molar-refractivity contribution < 1.29 is 0 Å². The molecule has 0 N–H and O–H groups in total. The number of halogens is 2. The Hall–Kier alpha value is -1.01. The van der Waals surface area contributed by atoms with E-state index in [0.717, 1.165) is 23.0 Å². The highest BCUT2D eigenvalue weighted by Crippen LogP contribution is 2.40. The molecule has 0 atom stereocenters. The zero-order chi connectivity index (χ0) is 16.5. The molecule has 2 aromatic heterocycles. The molecule has 0 saturated heterocycles. The van der Waals surface area contributed by atoms with Gasteiger partial charge in [0.25, 0.3) is 0 Å². The second-order valence-corrected chi connectivity index (χ2v) is 8.53. The van der Waals surface area contributed by atoms with Crippen LogP contribution < -0.4 is 0 Å². The minimum absolute atomic E-state index is 0.541. The third-order valence-electron chi connectivity index (χ3n) is 3.97. The average molecular weight is 396 g/mol. The van der Waals surface area contributed by atoms with Crippen molar-refractivity contribution >= 4 is 46.3 Å². The van der Waals surface area contributed by atoms with Crippen molar-refractivity contribution in [1.82, 2.24) is 14.8 Å². The number of hydrogen-bond acceptors (Lipinski definition) is 4. The Labute approximate surface area is 159 Å². The summed E-state index contributed by atoms with van der Waals surface area (Å²) in [4.78, 5) is 1.31. The topological polar surface area (TPSA) is 30.7 Å². The minimum Gasteiger partial charge on any atom is -0.303 e. The molecule has 1 aliphatic carbocycles. The van der Waals surface area contributed by atoms with Crippen LogP contribution in [0.25, 0.3) is 0 Å². The van der Waals surface area contributed by atoms with Gasteiger partial charge < -0.3 is 4.57 Å². The summed E-state index contributed by atoms with van der Waals surface area (Å²) in [6, 6.07) is 10.4. The Morgan fingerprint density at radius 3 is 2.58 bits per heavy atom. The quantitative estimate of drug-likeness (QED) is 0.489. The highest BCUT2D eigenvalue weighted by molar-refractivity contribution is 7.98. The van der Waals surface area contributed by atoms with Crippen LogP contribution in [0.5, 0.6) is 0 Å². The van der Waals surface area contributed by atoms with Crippen LogP contribution in [0.15, 0.2) is 40.9 Å². The van der Waals surface area contributed by atoms with Gasteiger partial charge in [0, 0.05) is 33.1 Å². The van der Waals surface area contributed by atoms with Gasteiger partial charge in [0.2, 0.25) is 0 Å². The largest absolute Gasteiger partial charge is 0.303 e. The Kier molecular flexibility index (Phi) is 4.86. The zero-order valence-corrected chi connectivity index (χ0v) is 15.9. The normalized spacial score (nSPS) is 14.2. The van der Waals surface area contributed by atoms with E-state index in [1.165, 1.54) is 17.7 Å². The maximum Gasteiger partial charge on any atom is 0.191 e. The molecule has 7 heteroatoms. The van der Waals surface area contributed by atoms with E-state index in [-0.39, 0.29) is 0 Å². The maximum atomic E-state index is 6.27. The van der Waals surface area contributed by atoms with Gasteiger partial charge in [-0.05, 0) is 42.0 Å². The van der Waals surface area contributed by atoms with Crippen molar-refractivity contribution in [3.8, 4) is 0 Å². The summed E-state index contributed by atoms with van der Waals surface area (Å²) in [5.74, 6) is 1.75. The lowest BCUT2D eigenvalue weighted by molar-refractivity contribution is 0.635. The smallest absolute Gasteiger partial charge is 0.191 e. The summed E-state index contributed by atoms with van der Waals surface area (Å²) < 4.78 is 2.30. The fourth-order valence-electron chi connectivity index (χ4n) is 2.60. The van der Waals surface area contributed by atoms with Crippen LogP contribution in [-0.2, 0) is 12.2 Å². The second kappa shape index (κ2) is 7.08. The van der Waals surface area contributed by atoms with Gasteiger partial charge >= 0.3 is 0 Å². The van der Waals surface area contributed by atoms with E-state index in [1.54, 1.807) is 23.1 Å². The molecule has 124 valence electrons. The molecule has 0 bridgehead atoms. The molecule has 0 amide bonds. The first-order chi connectivity index (χ1) is 11.7. The van der Waals surface area contributed by atoms with Gasteiger partial charge in [-0.3, -0.25) is 0 Å². The molecule has 1 aliphatic rings. The van der Waals surface area contributed by atoms with E-state index in [9.17, 15) is 0 Å². The predicted octanol–water partition coefficient (Wildman–Crippen LogP) is 5.86. The van der Waals surface area contributed by atoms with Crippen LogP contribution in [-0.4, -0.2) is 14.8 Å². The van der Waals surface area contributed by atoms with Gasteiger partial charge in [-0.15, -0.1) is 21.5 Å². The van der Waals surface area contributed by atoms with E-state index < -0.39 is 0 Å². The van der Waals surface area contributed by atoms with Gasteiger partial charge in [-0.25, -0.2) is 0 Å². The molecule has 1 aromatic carbocycles. The van der Waals surface area contributed by atoms with Crippen molar-refractivity contribution in [2.24, 2.45) is 0 Å². The first-order valence-corrected chi connectivity index (χ1v) is 10.4. The molecule has 1 fully saturated rings. The molecule has 0 aliphatic heterocycles. The monoisotopic (exact) mass is 395 g/mol. The van der Waals surface area contributed by atoms with E-state index in [2.05, 4.69) is 32.3 Å². The third kappa shape index (κ3) is 3.49. The summed E-state index contributed by atoms with van der Waals surface area (Å²) in [5.41, 5.74) is 0.955. The Bertz CT molecular complexity index is 821. The minimum atomic E-state index is 0.541. The fraction of sp³-hybridized carbons (Fsp3) is 0.294. The second-order valence-electron chi connectivity index (χ2n) is 5.75. The Balaban J connectivity index is 1.56. The van der Waals surface area contributed by atoms with Crippen molar-refractivity contribution in [3.05, 3.63) is 62.0 Å². The van der Waals surface area contributed by atoms with Crippen LogP contribution in [0.2, 0.25) is 10.0 Å². The third-order valence-corrected chi connectivity index (χ3v) is 6.52. The molecule has 0 radical (unpaired) electrons. The molecule has 3 nitrogen and oxygen atoms in total. The highest BCUT2D eigenvalue weighted by Gasteiger charge is 2.29. The summed E-state index contributed by atoms with van der Waals surface area (Å²) in [7, 11) is 0. The average Bonchev–Trinajstić information content (AvgIpc) is 3.12. The standard InChI is InChI=1S/C17H15Cl2N3S2/c18-14-4-1-5-15(19)13(14)10-24-17-21-20-16(22(17)11-6-7-11)9-12-3-2-8-23-12/h1-5,8,11H,6-7,9-10H2. The number of hydrogen-bond donors (Lipinski definition) is 0. The SMILES string of the molecule is Clc1cccc(Cl)c1CSc1nnc(Cc2cccs2)n1C1CC1. The van der Waals surface area contributed by atoms with Gasteiger partial charge in [0.15, 0.2) is 5.16 Å². The first kappa shape index (κ1) is 16.5. The summed E-state index contributed by atoms with van der Waals surface area (Å²) >= 11 is 16.0. The predicted molar refractivity (Wildman–Crippen MR) is 101 cm³/mol. The molecular weight excluding hydrogens is 381 g/mol. The van der Waals surface area contributed by atoms with E-state index >= 15 is 0 Å². The van der Waals surface area contributed by atoms with Gasteiger partial charge in [0.1, 0.15) is 5.82 Å². The number of rotatable bonds is 6. The van der Waals surface area contributed by atoms with Gasteiger partial charge in [-0.2, -0.15) is 0 Å². The number of nitrogens with zero attached hydrogens (tertiary/aromatic N) is 3. The molecule has 0 unspecified atom stereocenters. The maximum absolute atomic E-state index is 6.27. The van der Waals surface area contributed by atoms with Crippen molar-refractivity contribution in [2.75, 3.05) is 0 Å². The molecule has 4 rings (SSSR count). The van der Waals surface area contributed by atoms with Crippen molar-refractivity contribution in [2.45, 2.75) is 36.2 Å². The van der Waals surface area contributed by atoms with Crippen LogP contribution >= 0.6 is 46.3 Å². The number of aromatic nitrogens is 3. The number of thiophene rings is 1. The molecule has 2 heterocycles. The van der Waals surface area contributed by atoms with E-state index in [1.807, 2.05) is 18.2 Å². The van der Waals surface area contributed by atoms with Crippen LogP contribution in [0.4, 0.5) is 0 Å². The molecule has 3 aromatic rings. The van der Waals surface area contributed by atoms with Crippen LogP contribution in [0.3, 0.4) is 0 Å². The lowest BCUT2D eigenvalue weighted by Crippen LogP contribution is -2.03. The van der Waals surface area contributed by atoms with Gasteiger partial charge in [0.05, 0.1) is 0 Å². The van der Waals surface area contributed by atoms with Crippen molar-refractivity contribution in [3.63, 3.8) is 0 Å². The Morgan fingerprint density at radius 1 is 1.12 bits per heavy atom. The molecule has 0 spiro atoms. The highest BCUT2D eigenvalue weighted by atomic mass is 35.5. The lowest BCUT2D eigenvalue weighted by atomic mass is 10.2. The van der Waals surface area contributed by atoms with E-state index in [4.69, 9.17) is 23.2 Å². The van der Waals surface area contributed by atoms with E-state index in [0.29, 0.717) is 21.8 Å². The lowest BCUT2D eigenvalue weighted by Gasteiger charge is -2.09. The summed E-state index contributed by atoms with van der Waals surface area (Å²) in [5, 5.41) is 13.3. The summed E-state index contributed by atoms with van der Waals surface area (Å²) in [6.07, 6.45) is 3.25. The fourth-order valence-corrected chi connectivity index (χ4v) is 5.07. The van der Waals surface area contributed by atoms with Gasteiger partial charge in [-0.1, -0.05) is 47.1 Å². The van der Waals surface area contributed by atoms with Crippen molar-refractivity contribution in [1.29, 1.82) is 0 Å². The first-order valence-electron chi connectivity index (χ1n) is 7.74. The van der Waals surface area contributed by atoms with Crippen LogP contribution in [0, 0.1) is 0 Å². The zero-order valence-electron chi connectivity index (χ0n) is 12.8. The molecular formula is C17H15Cl2N3S2. The molecule has 24 heavy (non-hydrogen) atoms. The van der Waals surface area contributed by atoms with Crippen LogP contribution in [0.1, 0.15) is 35.1 Å².